The number of carbonyl (C=O) groups excluding carboxylic acids is 1. The van der Waals surface area contributed by atoms with Crippen molar-refractivity contribution in [2.75, 3.05) is 5.32 Å². The Hall–Kier alpha value is -1.03. The Kier molecular flexibility index (Phi) is 2.85. The van der Waals surface area contributed by atoms with Gasteiger partial charge in [-0.05, 0) is 20.8 Å². The van der Waals surface area contributed by atoms with Crippen LogP contribution < -0.4 is 5.32 Å². The van der Waals surface area contributed by atoms with Crippen LogP contribution >= 0.6 is 11.6 Å². The fourth-order valence-electron chi connectivity index (χ4n) is 0.970. The van der Waals surface area contributed by atoms with Gasteiger partial charge in [0.05, 0.1) is 17.4 Å². The zero-order valence-corrected chi connectivity index (χ0v) is 9.51. The molecule has 0 bridgehead atoms. The second-order valence-corrected chi connectivity index (χ2v) is 4.49. The predicted molar refractivity (Wildman–Crippen MR) is 56.5 cm³/mol. The molecular formula is C9H14ClN3O. The first kappa shape index (κ1) is 11.0. The number of rotatable bonds is 1. The van der Waals surface area contributed by atoms with E-state index in [4.69, 9.17) is 11.6 Å². The van der Waals surface area contributed by atoms with E-state index in [0.717, 1.165) is 0 Å². The van der Waals surface area contributed by atoms with E-state index < -0.39 is 0 Å². The van der Waals surface area contributed by atoms with Crippen LogP contribution in [0.2, 0.25) is 5.15 Å². The molecule has 14 heavy (non-hydrogen) atoms. The van der Waals surface area contributed by atoms with Crippen LogP contribution in [0.1, 0.15) is 27.7 Å². The third-order valence-electron chi connectivity index (χ3n) is 1.67. The number of aromatic nitrogens is 2. The zero-order chi connectivity index (χ0) is 10.9. The van der Waals surface area contributed by atoms with Crippen LogP contribution in [0.15, 0.2) is 6.20 Å². The van der Waals surface area contributed by atoms with Gasteiger partial charge in [-0.15, -0.1) is 0 Å². The van der Waals surface area contributed by atoms with Gasteiger partial charge in [-0.2, -0.15) is 5.10 Å². The summed E-state index contributed by atoms with van der Waals surface area (Å²) in [4.78, 5) is 10.8. The van der Waals surface area contributed by atoms with Gasteiger partial charge >= 0.3 is 0 Å². The van der Waals surface area contributed by atoms with Crippen LogP contribution in [0, 0.1) is 0 Å². The Morgan fingerprint density at radius 3 is 2.50 bits per heavy atom. The van der Waals surface area contributed by atoms with Crippen LogP contribution in [0.5, 0.6) is 0 Å². The van der Waals surface area contributed by atoms with E-state index in [1.165, 1.54) is 6.92 Å². The molecule has 0 spiro atoms. The molecule has 1 aromatic rings. The molecule has 0 radical (unpaired) electrons. The van der Waals surface area contributed by atoms with Crippen LogP contribution in [0.4, 0.5) is 5.69 Å². The summed E-state index contributed by atoms with van der Waals surface area (Å²) in [7, 11) is 0. The summed E-state index contributed by atoms with van der Waals surface area (Å²) in [5.74, 6) is -0.152. The average Bonchev–Trinajstić information content (AvgIpc) is 2.30. The number of amides is 1. The molecule has 0 aliphatic heterocycles. The smallest absolute Gasteiger partial charge is 0.221 e. The quantitative estimate of drug-likeness (QED) is 0.781. The van der Waals surface area contributed by atoms with Gasteiger partial charge < -0.3 is 5.32 Å². The first-order chi connectivity index (χ1) is 6.30. The molecule has 0 saturated heterocycles. The molecule has 1 rings (SSSR count). The Morgan fingerprint density at radius 1 is 1.57 bits per heavy atom. The molecule has 1 N–H and O–H groups in total. The normalized spacial score (nSPS) is 11.5. The number of anilines is 1. The summed E-state index contributed by atoms with van der Waals surface area (Å²) in [5, 5.41) is 7.03. The molecule has 0 aliphatic carbocycles. The zero-order valence-electron chi connectivity index (χ0n) is 8.76. The van der Waals surface area contributed by atoms with Gasteiger partial charge in [0.25, 0.3) is 0 Å². The van der Waals surface area contributed by atoms with Gasteiger partial charge in [-0.25, -0.2) is 0 Å². The number of hydrogen-bond donors (Lipinski definition) is 1. The lowest BCUT2D eigenvalue weighted by molar-refractivity contribution is -0.114. The molecule has 0 atom stereocenters. The lowest BCUT2D eigenvalue weighted by Gasteiger charge is -2.18. The first-order valence-electron chi connectivity index (χ1n) is 4.34. The lowest BCUT2D eigenvalue weighted by Crippen LogP contribution is -2.22. The number of carbonyl (C=O) groups is 1. The Balaban J connectivity index is 2.99. The summed E-state index contributed by atoms with van der Waals surface area (Å²) in [6.45, 7) is 7.46. The van der Waals surface area contributed by atoms with Gasteiger partial charge in [-0.1, -0.05) is 11.6 Å². The van der Waals surface area contributed by atoms with Crippen molar-refractivity contribution < 1.29 is 4.79 Å². The molecule has 4 nitrogen and oxygen atoms in total. The Labute approximate surface area is 88.2 Å². The van der Waals surface area contributed by atoms with E-state index in [-0.39, 0.29) is 11.4 Å². The predicted octanol–water partition coefficient (Wildman–Crippen LogP) is 2.25. The Morgan fingerprint density at radius 2 is 2.14 bits per heavy atom. The molecule has 1 amide bonds. The SMILES string of the molecule is CC(=O)Nc1cn(C(C)(C)C)nc1Cl. The topological polar surface area (TPSA) is 46.9 Å². The van der Waals surface area contributed by atoms with Crippen molar-refractivity contribution in [2.45, 2.75) is 33.2 Å². The van der Waals surface area contributed by atoms with Gasteiger partial charge in [0.2, 0.25) is 5.91 Å². The maximum absolute atomic E-state index is 10.8. The largest absolute Gasteiger partial charge is 0.322 e. The van der Waals surface area contributed by atoms with Crippen molar-refractivity contribution in [3.05, 3.63) is 11.3 Å². The van der Waals surface area contributed by atoms with Gasteiger partial charge in [0, 0.05) is 6.92 Å². The fourth-order valence-corrected chi connectivity index (χ4v) is 1.15. The van der Waals surface area contributed by atoms with E-state index in [1.807, 2.05) is 20.8 Å². The molecule has 0 fully saturated rings. The number of nitrogens with one attached hydrogen (secondary N) is 1. The third-order valence-corrected chi connectivity index (χ3v) is 1.95. The summed E-state index contributed by atoms with van der Waals surface area (Å²) in [5.41, 5.74) is 0.412. The molecule has 78 valence electrons. The fraction of sp³-hybridized carbons (Fsp3) is 0.556. The van der Waals surface area contributed by atoms with Crippen molar-refractivity contribution in [1.82, 2.24) is 9.78 Å². The monoisotopic (exact) mass is 215 g/mol. The average molecular weight is 216 g/mol. The summed E-state index contributed by atoms with van der Waals surface area (Å²) < 4.78 is 1.72. The van der Waals surface area contributed by atoms with Crippen LogP contribution in [0.25, 0.3) is 0 Å². The Bertz CT molecular complexity index is 351. The van der Waals surface area contributed by atoms with Crippen LogP contribution in [0.3, 0.4) is 0 Å². The lowest BCUT2D eigenvalue weighted by atomic mass is 10.1. The van der Waals surface area contributed by atoms with Crippen molar-refractivity contribution in [1.29, 1.82) is 0 Å². The number of hydrogen-bond acceptors (Lipinski definition) is 2. The molecular weight excluding hydrogens is 202 g/mol. The van der Waals surface area contributed by atoms with Gasteiger partial charge in [0.1, 0.15) is 0 Å². The van der Waals surface area contributed by atoms with E-state index in [2.05, 4.69) is 10.4 Å². The van der Waals surface area contributed by atoms with Crippen molar-refractivity contribution >= 4 is 23.2 Å². The highest BCUT2D eigenvalue weighted by Crippen LogP contribution is 2.23. The minimum atomic E-state index is -0.152. The van der Waals surface area contributed by atoms with Crippen molar-refractivity contribution in [3.8, 4) is 0 Å². The minimum absolute atomic E-state index is 0.139. The van der Waals surface area contributed by atoms with E-state index in [1.54, 1.807) is 10.9 Å². The van der Waals surface area contributed by atoms with E-state index in [0.29, 0.717) is 10.8 Å². The highest BCUT2D eigenvalue weighted by molar-refractivity contribution is 6.32. The van der Waals surface area contributed by atoms with E-state index >= 15 is 0 Å². The highest BCUT2D eigenvalue weighted by atomic mass is 35.5. The van der Waals surface area contributed by atoms with Gasteiger partial charge in [0.15, 0.2) is 5.15 Å². The summed E-state index contributed by atoms with van der Waals surface area (Å²) in [6.07, 6.45) is 1.73. The highest BCUT2D eigenvalue weighted by Gasteiger charge is 2.17. The molecule has 0 unspecified atom stereocenters. The number of nitrogens with zero attached hydrogens (tertiary/aromatic N) is 2. The van der Waals surface area contributed by atoms with Crippen LogP contribution in [-0.2, 0) is 10.3 Å². The van der Waals surface area contributed by atoms with Crippen LogP contribution in [-0.4, -0.2) is 15.7 Å². The molecule has 0 saturated carbocycles. The standard InChI is InChI=1S/C9H14ClN3O/c1-6(14)11-7-5-13(9(2,3)4)12-8(7)10/h5H,1-4H3,(H,11,14). The van der Waals surface area contributed by atoms with Crippen molar-refractivity contribution in [3.63, 3.8) is 0 Å². The maximum atomic E-state index is 10.8. The molecule has 5 heteroatoms. The summed E-state index contributed by atoms with van der Waals surface area (Å²) in [6, 6.07) is 0. The maximum Gasteiger partial charge on any atom is 0.221 e. The molecule has 0 aliphatic rings. The summed E-state index contributed by atoms with van der Waals surface area (Å²) >= 11 is 5.85. The van der Waals surface area contributed by atoms with E-state index in [9.17, 15) is 4.79 Å². The molecule has 1 aromatic heterocycles. The van der Waals surface area contributed by atoms with Gasteiger partial charge in [-0.3, -0.25) is 9.48 Å². The second kappa shape index (κ2) is 3.61. The first-order valence-corrected chi connectivity index (χ1v) is 4.72. The van der Waals surface area contributed by atoms with Crippen molar-refractivity contribution in [2.24, 2.45) is 0 Å². The molecule has 1 heterocycles. The number of halogens is 1. The second-order valence-electron chi connectivity index (χ2n) is 4.13. The minimum Gasteiger partial charge on any atom is -0.322 e. The molecule has 0 aromatic carbocycles. The third kappa shape index (κ3) is 2.48.